The van der Waals surface area contributed by atoms with Crippen LogP contribution < -0.4 is 0 Å². The number of nitrogens with zero attached hydrogens (tertiary/aromatic N) is 2. The highest BCUT2D eigenvalue weighted by Crippen LogP contribution is 2.08. The summed E-state index contributed by atoms with van der Waals surface area (Å²) < 4.78 is 1.96. The van der Waals surface area contributed by atoms with Gasteiger partial charge in [0.15, 0.2) is 0 Å². The van der Waals surface area contributed by atoms with E-state index in [1.54, 1.807) is 0 Å². The Kier molecular flexibility index (Phi) is 0.918. The number of aryl methyl sites for hydroxylation is 1. The molecular weight excluding hydrogens is 112 g/mol. The van der Waals surface area contributed by atoms with Crippen molar-refractivity contribution in [1.29, 1.82) is 0 Å². The smallest absolute Gasteiger partial charge is 0.113 e. The Balaban J connectivity index is 2.53. The van der Waals surface area contributed by atoms with Gasteiger partial charge in [-0.05, 0) is 18.6 Å². The van der Waals surface area contributed by atoms with E-state index in [1.807, 2.05) is 10.7 Å². The summed E-state index contributed by atoms with van der Waals surface area (Å²) in [5.41, 5.74) is 1.17. The Morgan fingerprint density at radius 3 is 3.56 bits per heavy atom. The van der Waals surface area contributed by atoms with Crippen LogP contribution >= 0.6 is 0 Å². The van der Waals surface area contributed by atoms with E-state index in [9.17, 15) is 0 Å². The molecule has 1 aliphatic heterocycles. The second-order valence-corrected chi connectivity index (χ2v) is 2.11. The van der Waals surface area contributed by atoms with Gasteiger partial charge in [-0.15, -0.1) is 0 Å². The molecule has 45 valence electrons. The molecule has 0 spiro atoms. The minimum atomic E-state index is 1.01. The molecule has 0 N–H and O–H groups in total. The van der Waals surface area contributed by atoms with Gasteiger partial charge in [0.2, 0.25) is 0 Å². The van der Waals surface area contributed by atoms with E-state index in [-0.39, 0.29) is 0 Å². The maximum Gasteiger partial charge on any atom is 0.113 e. The third-order valence-electron chi connectivity index (χ3n) is 1.49. The maximum absolute atomic E-state index is 4.00. The SMILES string of the molecule is [c]1cc2n(n1)CCC=C2. The van der Waals surface area contributed by atoms with Gasteiger partial charge in [0.1, 0.15) is 6.20 Å². The lowest BCUT2D eigenvalue weighted by molar-refractivity contribution is 0.608. The Labute approximate surface area is 53.8 Å². The molecule has 0 atom stereocenters. The van der Waals surface area contributed by atoms with Crippen LogP contribution in [0.4, 0.5) is 0 Å². The lowest BCUT2D eigenvalue weighted by Crippen LogP contribution is -2.03. The highest BCUT2D eigenvalue weighted by atomic mass is 15.3. The zero-order valence-corrected chi connectivity index (χ0v) is 5.04. The van der Waals surface area contributed by atoms with Crippen molar-refractivity contribution >= 4 is 6.08 Å². The number of aromatic nitrogens is 2. The molecule has 0 aliphatic carbocycles. The first kappa shape index (κ1) is 4.79. The second-order valence-electron chi connectivity index (χ2n) is 2.11. The average molecular weight is 119 g/mol. The van der Waals surface area contributed by atoms with Gasteiger partial charge in [-0.1, -0.05) is 6.08 Å². The van der Waals surface area contributed by atoms with Crippen LogP contribution in [0.2, 0.25) is 0 Å². The van der Waals surface area contributed by atoms with Crippen LogP contribution in [0.5, 0.6) is 0 Å². The van der Waals surface area contributed by atoms with Crippen molar-refractivity contribution < 1.29 is 0 Å². The molecule has 1 aliphatic rings. The minimum absolute atomic E-state index is 1.01. The van der Waals surface area contributed by atoms with Crippen LogP contribution in [0.25, 0.3) is 6.08 Å². The van der Waals surface area contributed by atoms with E-state index in [2.05, 4.69) is 23.4 Å². The standard InChI is InChI=1S/C7H7N2/c1-2-6-9-7(3-1)4-5-8-9/h1,3-4H,2,6H2. The average Bonchev–Trinajstić information content (AvgIpc) is 2.33. The number of hydrogen-bond acceptors (Lipinski definition) is 1. The van der Waals surface area contributed by atoms with Gasteiger partial charge in [-0.2, -0.15) is 5.10 Å². The highest BCUT2D eigenvalue weighted by Gasteiger charge is 2.00. The first-order valence-electron chi connectivity index (χ1n) is 3.07. The fraction of sp³-hybridized carbons (Fsp3) is 0.286. The van der Waals surface area contributed by atoms with Gasteiger partial charge in [-0.25, -0.2) is 0 Å². The number of allylic oxidation sites excluding steroid dienone is 1. The van der Waals surface area contributed by atoms with Crippen LogP contribution in [-0.4, -0.2) is 9.78 Å². The topological polar surface area (TPSA) is 17.8 Å². The minimum Gasteiger partial charge on any atom is -0.265 e. The van der Waals surface area contributed by atoms with Crippen LogP contribution in [-0.2, 0) is 6.54 Å². The lowest BCUT2D eigenvalue weighted by atomic mass is 10.2. The van der Waals surface area contributed by atoms with Crippen molar-refractivity contribution in [3.8, 4) is 0 Å². The summed E-state index contributed by atoms with van der Waals surface area (Å²) in [7, 11) is 0. The molecule has 0 saturated carbocycles. The summed E-state index contributed by atoms with van der Waals surface area (Å²) in [5, 5.41) is 4.00. The lowest BCUT2D eigenvalue weighted by Gasteiger charge is -2.05. The Morgan fingerprint density at radius 2 is 2.67 bits per heavy atom. The fourth-order valence-corrected chi connectivity index (χ4v) is 1.01. The van der Waals surface area contributed by atoms with Gasteiger partial charge >= 0.3 is 0 Å². The molecule has 1 radical (unpaired) electrons. The third-order valence-corrected chi connectivity index (χ3v) is 1.49. The predicted molar refractivity (Wildman–Crippen MR) is 34.7 cm³/mol. The van der Waals surface area contributed by atoms with Gasteiger partial charge in [0, 0.05) is 6.54 Å². The second kappa shape index (κ2) is 1.72. The molecule has 0 aromatic carbocycles. The molecule has 2 rings (SSSR count). The monoisotopic (exact) mass is 119 g/mol. The predicted octanol–water partition coefficient (Wildman–Crippen LogP) is 1.10. The molecule has 2 heteroatoms. The summed E-state index contributed by atoms with van der Waals surface area (Å²) in [6, 6.07) is 1.90. The molecule has 1 aromatic heterocycles. The highest BCUT2D eigenvalue weighted by molar-refractivity contribution is 5.45. The molecule has 2 nitrogen and oxygen atoms in total. The van der Waals surface area contributed by atoms with Crippen LogP contribution in [0.1, 0.15) is 12.1 Å². The summed E-state index contributed by atoms with van der Waals surface area (Å²) >= 11 is 0. The zero-order valence-electron chi connectivity index (χ0n) is 5.04. The molecule has 0 fully saturated rings. The summed E-state index contributed by atoms with van der Waals surface area (Å²) in [6.07, 6.45) is 8.14. The van der Waals surface area contributed by atoms with Crippen molar-refractivity contribution in [2.75, 3.05) is 0 Å². The third kappa shape index (κ3) is 0.669. The quantitative estimate of drug-likeness (QED) is 0.500. The fourth-order valence-electron chi connectivity index (χ4n) is 1.01. The Hall–Kier alpha value is -1.05. The maximum atomic E-state index is 4.00. The van der Waals surface area contributed by atoms with E-state index < -0.39 is 0 Å². The van der Waals surface area contributed by atoms with Crippen LogP contribution in [0.3, 0.4) is 0 Å². The van der Waals surface area contributed by atoms with Crippen molar-refractivity contribution in [1.82, 2.24) is 9.78 Å². The van der Waals surface area contributed by atoms with E-state index in [1.165, 1.54) is 5.69 Å². The molecule has 1 aromatic rings. The van der Waals surface area contributed by atoms with Crippen molar-refractivity contribution in [2.45, 2.75) is 13.0 Å². The van der Waals surface area contributed by atoms with Crippen LogP contribution in [0.15, 0.2) is 12.1 Å². The normalized spacial score (nSPS) is 15.6. The number of hydrogen-bond donors (Lipinski definition) is 0. The van der Waals surface area contributed by atoms with Gasteiger partial charge in [0.25, 0.3) is 0 Å². The molecule has 0 amide bonds. The van der Waals surface area contributed by atoms with Gasteiger partial charge in [-0.3, -0.25) is 4.68 Å². The number of fused-ring (bicyclic) bond motifs is 1. The first-order chi connectivity index (χ1) is 4.47. The molecule has 9 heavy (non-hydrogen) atoms. The molecule has 0 unspecified atom stereocenters. The summed E-state index contributed by atoms with van der Waals surface area (Å²) in [6.45, 7) is 1.01. The van der Waals surface area contributed by atoms with Gasteiger partial charge < -0.3 is 0 Å². The molecule has 0 saturated heterocycles. The van der Waals surface area contributed by atoms with Crippen molar-refractivity contribution in [3.05, 3.63) is 24.0 Å². The van der Waals surface area contributed by atoms with E-state index in [0.717, 1.165) is 13.0 Å². The first-order valence-corrected chi connectivity index (χ1v) is 3.07. The summed E-state index contributed by atoms with van der Waals surface area (Å²) in [5.74, 6) is 0. The van der Waals surface area contributed by atoms with Gasteiger partial charge in [0.05, 0.1) is 5.69 Å². The van der Waals surface area contributed by atoms with E-state index in [0.29, 0.717) is 0 Å². The number of rotatable bonds is 0. The molecule has 0 bridgehead atoms. The van der Waals surface area contributed by atoms with Crippen molar-refractivity contribution in [3.63, 3.8) is 0 Å². The van der Waals surface area contributed by atoms with Crippen molar-refractivity contribution in [2.24, 2.45) is 0 Å². The Morgan fingerprint density at radius 1 is 1.67 bits per heavy atom. The van der Waals surface area contributed by atoms with Crippen LogP contribution in [0, 0.1) is 6.20 Å². The largest absolute Gasteiger partial charge is 0.265 e. The molecular formula is C7H7N2. The Bertz CT molecular complexity index is 235. The summed E-state index contributed by atoms with van der Waals surface area (Å²) in [4.78, 5) is 0. The zero-order chi connectivity index (χ0) is 6.10. The van der Waals surface area contributed by atoms with E-state index in [4.69, 9.17) is 0 Å². The molecule has 2 heterocycles. The van der Waals surface area contributed by atoms with E-state index >= 15 is 0 Å².